The Balaban J connectivity index is 2.33. The van der Waals surface area contributed by atoms with Gasteiger partial charge in [-0.15, -0.1) is 0 Å². The molecule has 0 aliphatic heterocycles. The van der Waals surface area contributed by atoms with Gasteiger partial charge in [-0.05, 0) is 41.8 Å². The first-order valence-corrected chi connectivity index (χ1v) is 9.19. The molecule has 0 heterocycles. The van der Waals surface area contributed by atoms with E-state index in [9.17, 15) is 4.79 Å². The number of anilines is 1. The molecule has 7 heteroatoms. The first-order valence-electron chi connectivity index (χ1n) is 9.19. The van der Waals surface area contributed by atoms with E-state index in [0.29, 0.717) is 35.1 Å². The smallest absolute Gasteiger partial charge is 0.241 e. The van der Waals surface area contributed by atoms with Crippen molar-refractivity contribution in [1.82, 2.24) is 0 Å². The summed E-state index contributed by atoms with van der Waals surface area (Å²) in [5.74, 6) is 1.99. The molecule has 3 N–H and O–H groups in total. The van der Waals surface area contributed by atoms with Crippen molar-refractivity contribution in [3.8, 4) is 23.0 Å². The summed E-state index contributed by atoms with van der Waals surface area (Å²) in [6, 6.07) is 8.64. The highest BCUT2D eigenvalue weighted by Gasteiger charge is 2.14. The van der Waals surface area contributed by atoms with E-state index in [2.05, 4.69) is 5.32 Å². The molecule has 0 saturated carbocycles. The lowest BCUT2D eigenvalue weighted by atomic mass is 10.1. The van der Waals surface area contributed by atoms with E-state index in [4.69, 9.17) is 24.7 Å². The number of carbonyl (C=O) groups is 1. The molecular formula is C22H28N2O5. The zero-order valence-electron chi connectivity index (χ0n) is 17.4. The molecule has 0 spiro atoms. The molecule has 2 rings (SSSR count). The number of hydrogen-bond acceptors (Lipinski definition) is 6. The van der Waals surface area contributed by atoms with Crippen LogP contribution in [0.4, 0.5) is 5.69 Å². The topological polar surface area (TPSA) is 92.0 Å². The molecule has 0 radical (unpaired) electrons. The quantitative estimate of drug-likeness (QED) is 0.625. The van der Waals surface area contributed by atoms with Crippen LogP contribution in [0.25, 0.3) is 12.2 Å². The van der Waals surface area contributed by atoms with Crippen molar-refractivity contribution in [3.05, 3.63) is 41.5 Å². The van der Waals surface area contributed by atoms with Crippen molar-refractivity contribution in [2.45, 2.75) is 19.4 Å². The van der Waals surface area contributed by atoms with Crippen LogP contribution in [-0.4, -0.2) is 40.4 Å². The van der Waals surface area contributed by atoms with Crippen LogP contribution in [0, 0.1) is 0 Å². The molecule has 2 aromatic rings. The van der Waals surface area contributed by atoms with Gasteiger partial charge in [-0.3, -0.25) is 4.79 Å². The fraction of sp³-hybridized carbons (Fsp3) is 0.318. The second-order valence-corrected chi connectivity index (χ2v) is 6.26. The SMILES string of the molecule is CCC(N)C(=O)Nc1cc(/C=C/c2cc(OC)c(OC)c(OC)c2)ccc1OC. The maximum atomic E-state index is 12.2. The zero-order chi connectivity index (χ0) is 21.4. The minimum Gasteiger partial charge on any atom is -0.495 e. The number of nitrogens with one attached hydrogen (secondary N) is 1. The van der Waals surface area contributed by atoms with Crippen molar-refractivity contribution < 1.29 is 23.7 Å². The summed E-state index contributed by atoms with van der Waals surface area (Å²) < 4.78 is 21.4. The fourth-order valence-corrected chi connectivity index (χ4v) is 2.73. The van der Waals surface area contributed by atoms with Gasteiger partial charge in [-0.1, -0.05) is 25.1 Å². The number of benzene rings is 2. The number of rotatable bonds is 9. The Hall–Kier alpha value is -3.19. The van der Waals surface area contributed by atoms with E-state index in [-0.39, 0.29) is 5.91 Å². The molecule has 0 saturated heterocycles. The molecule has 1 unspecified atom stereocenters. The van der Waals surface area contributed by atoms with E-state index >= 15 is 0 Å². The first kappa shape index (κ1) is 22.1. The van der Waals surface area contributed by atoms with Crippen LogP contribution in [-0.2, 0) is 4.79 Å². The minimum atomic E-state index is -0.571. The molecule has 29 heavy (non-hydrogen) atoms. The predicted octanol–water partition coefficient (Wildman–Crippen LogP) is 3.57. The molecule has 0 fully saturated rings. The number of hydrogen-bond donors (Lipinski definition) is 2. The number of amides is 1. The van der Waals surface area contributed by atoms with Gasteiger partial charge in [-0.2, -0.15) is 0 Å². The lowest BCUT2D eigenvalue weighted by molar-refractivity contribution is -0.117. The van der Waals surface area contributed by atoms with Gasteiger partial charge in [0.15, 0.2) is 11.5 Å². The van der Waals surface area contributed by atoms with E-state index in [1.54, 1.807) is 34.5 Å². The number of carbonyl (C=O) groups excluding carboxylic acids is 1. The van der Waals surface area contributed by atoms with E-state index in [1.807, 2.05) is 43.3 Å². The standard InChI is InChI=1S/C22H28N2O5/c1-6-16(23)22(25)24-17-11-14(9-10-18(17)26-2)7-8-15-12-19(27-3)21(29-5)20(13-15)28-4/h7-13,16H,6,23H2,1-5H3,(H,24,25)/b8-7+. The Morgan fingerprint density at radius 3 is 2.03 bits per heavy atom. The predicted molar refractivity (Wildman–Crippen MR) is 115 cm³/mol. The van der Waals surface area contributed by atoms with E-state index in [1.165, 1.54) is 0 Å². The van der Waals surface area contributed by atoms with Gasteiger partial charge < -0.3 is 30.0 Å². The van der Waals surface area contributed by atoms with Crippen LogP contribution in [0.2, 0.25) is 0 Å². The van der Waals surface area contributed by atoms with Gasteiger partial charge in [0.25, 0.3) is 0 Å². The van der Waals surface area contributed by atoms with Gasteiger partial charge in [-0.25, -0.2) is 0 Å². The summed E-state index contributed by atoms with van der Waals surface area (Å²) in [5.41, 5.74) is 8.11. The molecule has 1 atom stereocenters. The first-order chi connectivity index (χ1) is 14.0. The second-order valence-electron chi connectivity index (χ2n) is 6.26. The molecule has 0 aliphatic carbocycles. The summed E-state index contributed by atoms with van der Waals surface area (Å²) in [7, 11) is 6.26. The summed E-state index contributed by atoms with van der Waals surface area (Å²) in [4.78, 5) is 12.2. The Labute approximate surface area is 171 Å². The van der Waals surface area contributed by atoms with E-state index in [0.717, 1.165) is 11.1 Å². The maximum absolute atomic E-state index is 12.2. The molecule has 0 aromatic heterocycles. The summed E-state index contributed by atoms with van der Waals surface area (Å²) in [5, 5.41) is 2.82. The van der Waals surface area contributed by atoms with Crippen LogP contribution in [0.15, 0.2) is 30.3 Å². The molecule has 7 nitrogen and oxygen atoms in total. The Bertz CT molecular complexity index is 854. The lowest BCUT2D eigenvalue weighted by Crippen LogP contribution is -2.34. The average molecular weight is 400 g/mol. The summed E-state index contributed by atoms with van der Waals surface area (Å²) in [6.07, 6.45) is 4.38. The Morgan fingerprint density at radius 2 is 1.52 bits per heavy atom. The molecule has 1 amide bonds. The van der Waals surface area contributed by atoms with Crippen molar-refractivity contribution in [1.29, 1.82) is 0 Å². The highest BCUT2D eigenvalue weighted by atomic mass is 16.5. The third-order valence-electron chi connectivity index (χ3n) is 4.41. The van der Waals surface area contributed by atoms with Crippen molar-refractivity contribution in [2.75, 3.05) is 33.8 Å². The maximum Gasteiger partial charge on any atom is 0.241 e. The number of ether oxygens (including phenoxy) is 4. The van der Waals surface area contributed by atoms with Crippen LogP contribution in [0.5, 0.6) is 23.0 Å². The monoisotopic (exact) mass is 400 g/mol. The van der Waals surface area contributed by atoms with Gasteiger partial charge in [0.1, 0.15) is 5.75 Å². The molecule has 2 aromatic carbocycles. The summed E-state index contributed by atoms with van der Waals surface area (Å²) in [6.45, 7) is 1.86. The van der Waals surface area contributed by atoms with E-state index < -0.39 is 6.04 Å². The minimum absolute atomic E-state index is 0.253. The average Bonchev–Trinajstić information content (AvgIpc) is 2.76. The largest absolute Gasteiger partial charge is 0.495 e. The van der Waals surface area contributed by atoms with Gasteiger partial charge in [0.05, 0.1) is 40.2 Å². The van der Waals surface area contributed by atoms with Crippen molar-refractivity contribution in [3.63, 3.8) is 0 Å². The molecule has 0 bridgehead atoms. The zero-order valence-corrected chi connectivity index (χ0v) is 17.4. The Kier molecular flexibility index (Phi) is 7.91. The summed E-state index contributed by atoms with van der Waals surface area (Å²) >= 11 is 0. The van der Waals surface area contributed by atoms with Gasteiger partial charge in [0.2, 0.25) is 11.7 Å². The highest BCUT2D eigenvalue weighted by Crippen LogP contribution is 2.38. The van der Waals surface area contributed by atoms with Crippen LogP contribution in [0.3, 0.4) is 0 Å². The number of methoxy groups -OCH3 is 4. The van der Waals surface area contributed by atoms with Crippen molar-refractivity contribution in [2.24, 2.45) is 5.73 Å². The van der Waals surface area contributed by atoms with Gasteiger partial charge >= 0.3 is 0 Å². The van der Waals surface area contributed by atoms with Crippen LogP contribution >= 0.6 is 0 Å². The van der Waals surface area contributed by atoms with Crippen LogP contribution < -0.4 is 30.0 Å². The molecular weight excluding hydrogens is 372 g/mol. The normalized spacial score (nSPS) is 11.8. The highest BCUT2D eigenvalue weighted by molar-refractivity contribution is 5.96. The lowest BCUT2D eigenvalue weighted by Gasteiger charge is -2.14. The molecule has 156 valence electrons. The second kappa shape index (κ2) is 10.4. The Morgan fingerprint density at radius 1 is 0.931 bits per heavy atom. The third-order valence-corrected chi connectivity index (χ3v) is 4.41. The molecule has 0 aliphatic rings. The third kappa shape index (κ3) is 5.42. The number of nitrogens with two attached hydrogens (primary N) is 1. The fourth-order valence-electron chi connectivity index (χ4n) is 2.73. The van der Waals surface area contributed by atoms with Gasteiger partial charge in [0, 0.05) is 0 Å². The van der Waals surface area contributed by atoms with Crippen LogP contribution in [0.1, 0.15) is 24.5 Å². The van der Waals surface area contributed by atoms with Crippen molar-refractivity contribution >= 4 is 23.7 Å².